The van der Waals surface area contributed by atoms with Gasteiger partial charge in [0.1, 0.15) is 0 Å². The number of aromatic nitrogens is 2. The number of nitrogens with one attached hydrogen (secondary N) is 1. The van der Waals surface area contributed by atoms with Crippen LogP contribution in [0.5, 0.6) is 0 Å². The summed E-state index contributed by atoms with van der Waals surface area (Å²) in [4.78, 5) is 8.05. The van der Waals surface area contributed by atoms with Crippen LogP contribution in [0.3, 0.4) is 0 Å². The van der Waals surface area contributed by atoms with Crippen molar-refractivity contribution in [1.82, 2.24) is 15.5 Å². The van der Waals surface area contributed by atoms with Crippen molar-refractivity contribution in [3.63, 3.8) is 0 Å². The monoisotopic (exact) mass is 231 g/mol. The van der Waals surface area contributed by atoms with Crippen LogP contribution in [0, 0.1) is 0 Å². The normalized spacial score (nSPS) is 11.4. The van der Waals surface area contributed by atoms with Gasteiger partial charge < -0.3 is 15.6 Å². The smallest absolute Gasteiger partial charge is 0.213 e. The van der Waals surface area contributed by atoms with Gasteiger partial charge in [-0.2, -0.15) is 4.98 Å². The second-order valence-corrected chi connectivity index (χ2v) is 3.39. The SMILES string of the molecule is NC(=NCc1ccccc1)NCc1ncon1. The molecule has 17 heavy (non-hydrogen) atoms. The third-order valence-electron chi connectivity index (χ3n) is 2.11. The van der Waals surface area contributed by atoms with Gasteiger partial charge in [0.15, 0.2) is 11.8 Å². The van der Waals surface area contributed by atoms with Crippen LogP contribution in [0.4, 0.5) is 0 Å². The Hall–Kier alpha value is -2.37. The average Bonchev–Trinajstić information content (AvgIpc) is 2.88. The fraction of sp³-hybridized carbons (Fsp3) is 0.182. The Bertz CT molecular complexity index is 466. The first-order chi connectivity index (χ1) is 8.34. The van der Waals surface area contributed by atoms with Crippen LogP contribution in [0.15, 0.2) is 46.2 Å². The Kier molecular flexibility index (Phi) is 3.69. The zero-order valence-electron chi connectivity index (χ0n) is 9.21. The highest BCUT2D eigenvalue weighted by molar-refractivity contribution is 5.77. The van der Waals surface area contributed by atoms with Crippen molar-refractivity contribution in [1.29, 1.82) is 0 Å². The lowest BCUT2D eigenvalue weighted by molar-refractivity contribution is 0.409. The van der Waals surface area contributed by atoms with Gasteiger partial charge in [-0.3, -0.25) is 0 Å². The molecule has 0 fully saturated rings. The molecule has 2 rings (SSSR count). The van der Waals surface area contributed by atoms with Crippen molar-refractivity contribution in [3.8, 4) is 0 Å². The number of guanidine groups is 1. The van der Waals surface area contributed by atoms with Gasteiger partial charge in [0, 0.05) is 0 Å². The molecule has 0 bridgehead atoms. The molecular formula is C11H13N5O. The summed E-state index contributed by atoms with van der Waals surface area (Å²) in [6.07, 6.45) is 1.27. The first-order valence-electron chi connectivity index (χ1n) is 5.17. The maximum absolute atomic E-state index is 5.69. The summed E-state index contributed by atoms with van der Waals surface area (Å²) in [5.74, 6) is 0.904. The molecule has 6 heteroatoms. The molecule has 0 saturated heterocycles. The average molecular weight is 231 g/mol. The number of rotatable bonds is 4. The van der Waals surface area contributed by atoms with Crippen molar-refractivity contribution in [2.24, 2.45) is 10.7 Å². The summed E-state index contributed by atoms with van der Waals surface area (Å²) < 4.78 is 4.59. The van der Waals surface area contributed by atoms with Gasteiger partial charge in [-0.25, -0.2) is 4.99 Å². The van der Waals surface area contributed by atoms with E-state index in [1.54, 1.807) is 0 Å². The third-order valence-corrected chi connectivity index (χ3v) is 2.11. The molecule has 2 aromatic rings. The minimum absolute atomic E-state index is 0.360. The Labute approximate surface area is 98.6 Å². The zero-order chi connectivity index (χ0) is 11.9. The summed E-state index contributed by atoms with van der Waals surface area (Å²) >= 11 is 0. The van der Waals surface area contributed by atoms with Crippen molar-refractivity contribution in [2.45, 2.75) is 13.1 Å². The van der Waals surface area contributed by atoms with E-state index in [1.807, 2.05) is 30.3 Å². The van der Waals surface area contributed by atoms with E-state index in [9.17, 15) is 0 Å². The predicted octanol–water partition coefficient (Wildman–Crippen LogP) is 0.674. The number of nitrogens with zero attached hydrogens (tertiary/aromatic N) is 3. The largest absolute Gasteiger partial charge is 0.370 e. The van der Waals surface area contributed by atoms with Gasteiger partial charge in [-0.1, -0.05) is 35.5 Å². The second-order valence-electron chi connectivity index (χ2n) is 3.39. The van der Waals surface area contributed by atoms with E-state index < -0.39 is 0 Å². The van der Waals surface area contributed by atoms with Crippen LogP contribution in [-0.4, -0.2) is 16.1 Å². The molecule has 0 aliphatic rings. The van der Waals surface area contributed by atoms with E-state index in [1.165, 1.54) is 6.39 Å². The predicted molar refractivity (Wildman–Crippen MR) is 62.9 cm³/mol. The van der Waals surface area contributed by atoms with Crippen LogP contribution in [0.1, 0.15) is 11.4 Å². The van der Waals surface area contributed by atoms with E-state index in [4.69, 9.17) is 5.73 Å². The van der Waals surface area contributed by atoms with E-state index in [0.29, 0.717) is 24.9 Å². The lowest BCUT2D eigenvalue weighted by Crippen LogP contribution is -2.31. The Morgan fingerprint density at radius 1 is 1.35 bits per heavy atom. The van der Waals surface area contributed by atoms with Gasteiger partial charge in [-0.05, 0) is 5.56 Å². The van der Waals surface area contributed by atoms with E-state index >= 15 is 0 Å². The molecule has 0 radical (unpaired) electrons. The molecule has 0 atom stereocenters. The summed E-state index contributed by atoms with van der Waals surface area (Å²) in [5.41, 5.74) is 6.80. The van der Waals surface area contributed by atoms with Crippen LogP contribution >= 0.6 is 0 Å². The van der Waals surface area contributed by atoms with Crippen molar-refractivity contribution in [2.75, 3.05) is 0 Å². The fourth-order valence-electron chi connectivity index (χ4n) is 1.26. The number of nitrogens with two attached hydrogens (primary N) is 1. The summed E-state index contributed by atoms with van der Waals surface area (Å²) in [6.45, 7) is 0.951. The topological polar surface area (TPSA) is 89.3 Å². The van der Waals surface area contributed by atoms with Crippen LogP contribution in [0.2, 0.25) is 0 Å². The quantitative estimate of drug-likeness (QED) is 0.596. The van der Waals surface area contributed by atoms with Crippen molar-refractivity contribution in [3.05, 3.63) is 48.1 Å². The summed E-state index contributed by atoms with van der Waals surface area (Å²) in [7, 11) is 0. The van der Waals surface area contributed by atoms with Gasteiger partial charge in [-0.15, -0.1) is 0 Å². The molecule has 3 N–H and O–H groups in total. The number of aliphatic imine (C=N–C) groups is 1. The minimum atomic E-state index is 0.360. The molecule has 1 aromatic carbocycles. The highest BCUT2D eigenvalue weighted by Crippen LogP contribution is 1.99. The third kappa shape index (κ3) is 3.60. The maximum atomic E-state index is 5.69. The molecule has 88 valence electrons. The summed E-state index contributed by atoms with van der Waals surface area (Å²) in [5, 5.41) is 6.55. The van der Waals surface area contributed by atoms with E-state index in [0.717, 1.165) is 5.56 Å². The lowest BCUT2D eigenvalue weighted by atomic mass is 10.2. The van der Waals surface area contributed by atoms with Gasteiger partial charge >= 0.3 is 0 Å². The second kappa shape index (κ2) is 5.64. The first-order valence-corrected chi connectivity index (χ1v) is 5.17. The molecule has 0 spiro atoms. The highest BCUT2D eigenvalue weighted by atomic mass is 16.5. The molecule has 0 unspecified atom stereocenters. The Morgan fingerprint density at radius 2 is 2.18 bits per heavy atom. The first kappa shape index (κ1) is 11.1. The lowest BCUT2D eigenvalue weighted by Gasteiger charge is -2.02. The van der Waals surface area contributed by atoms with Crippen LogP contribution < -0.4 is 11.1 Å². The summed E-state index contributed by atoms with van der Waals surface area (Å²) in [6, 6.07) is 9.89. The van der Waals surface area contributed by atoms with Crippen molar-refractivity contribution >= 4 is 5.96 Å². The molecule has 6 nitrogen and oxygen atoms in total. The fourth-order valence-corrected chi connectivity index (χ4v) is 1.26. The number of hydrogen-bond acceptors (Lipinski definition) is 4. The number of benzene rings is 1. The van der Waals surface area contributed by atoms with Gasteiger partial charge in [0.25, 0.3) is 0 Å². The van der Waals surface area contributed by atoms with Gasteiger partial charge in [0.05, 0.1) is 13.1 Å². The molecular weight excluding hydrogens is 218 g/mol. The van der Waals surface area contributed by atoms with Gasteiger partial charge in [0.2, 0.25) is 6.39 Å². The molecule has 1 heterocycles. The van der Waals surface area contributed by atoms with Crippen LogP contribution in [-0.2, 0) is 13.1 Å². The molecule has 1 aromatic heterocycles. The molecule has 0 aliphatic heterocycles. The highest BCUT2D eigenvalue weighted by Gasteiger charge is 1.98. The molecule has 0 aliphatic carbocycles. The van der Waals surface area contributed by atoms with Crippen LogP contribution in [0.25, 0.3) is 0 Å². The Balaban J connectivity index is 1.81. The molecule has 0 saturated carbocycles. The zero-order valence-corrected chi connectivity index (χ0v) is 9.21. The standard InChI is InChI=1S/C11H13N5O/c12-11(14-7-10-15-8-17-16-10)13-6-9-4-2-1-3-5-9/h1-5,8H,6-7H2,(H3,12,13,14). The van der Waals surface area contributed by atoms with Crippen molar-refractivity contribution < 1.29 is 4.52 Å². The number of hydrogen-bond donors (Lipinski definition) is 2. The van der Waals surface area contributed by atoms with E-state index in [-0.39, 0.29) is 0 Å². The minimum Gasteiger partial charge on any atom is -0.370 e. The maximum Gasteiger partial charge on any atom is 0.213 e. The molecule has 0 amide bonds. The van der Waals surface area contributed by atoms with E-state index in [2.05, 4.69) is 25.0 Å². The Morgan fingerprint density at radius 3 is 2.88 bits per heavy atom.